The van der Waals surface area contributed by atoms with E-state index in [1.54, 1.807) is 0 Å². The Morgan fingerprint density at radius 2 is 2.14 bits per heavy atom. The maximum Gasteiger partial charge on any atom is 0.140 e. The summed E-state index contributed by atoms with van der Waals surface area (Å²) in [5.74, 6) is 1.18. The van der Waals surface area contributed by atoms with Gasteiger partial charge in [-0.25, -0.2) is 0 Å². The van der Waals surface area contributed by atoms with Crippen molar-refractivity contribution in [3.63, 3.8) is 0 Å². The van der Waals surface area contributed by atoms with Crippen molar-refractivity contribution in [1.82, 2.24) is 0 Å². The molecule has 0 amide bonds. The molecule has 4 heteroatoms. The lowest BCUT2D eigenvalue weighted by Gasteiger charge is -2.24. The smallest absolute Gasteiger partial charge is 0.140 e. The van der Waals surface area contributed by atoms with Crippen LogP contribution in [0.25, 0.3) is 0 Å². The highest BCUT2D eigenvalue weighted by atomic mass is 35.5. The van der Waals surface area contributed by atoms with E-state index in [0.717, 1.165) is 29.8 Å². The van der Waals surface area contributed by atoms with E-state index in [9.17, 15) is 5.11 Å². The van der Waals surface area contributed by atoms with Gasteiger partial charge in [-0.3, -0.25) is 4.99 Å². The first-order valence-electron chi connectivity index (χ1n) is 7.92. The predicted molar refractivity (Wildman–Crippen MR) is 92.4 cm³/mol. The normalized spacial score (nSPS) is 19.0. The summed E-state index contributed by atoms with van der Waals surface area (Å²) < 4.78 is 5.86. The first kappa shape index (κ1) is 17.3. The van der Waals surface area contributed by atoms with Gasteiger partial charge in [-0.15, -0.1) is 0 Å². The monoisotopic (exact) mass is 323 g/mol. The maximum absolute atomic E-state index is 9.33. The molecule has 1 aromatic rings. The third-order valence-electron chi connectivity index (χ3n) is 4.10. The fourth-order valence-corrected chi connectivity index (χ4v) is 2.96. The van der Waals surface area contributed by atoms with Crippen molar-refractivity contribution < 1.29 is 9.84 Å². The molecule has 1 atom stereocenters. The Labute approximate surface area is 138 Å². The van der Waals surface area contributed by atoms with Crippen molar-refractivity contribution in [2.45, 2.75) is 40.5 Å². The number of hydrogen-bond acceptors (Lipinski definition) is 3. The Kier molecular flexibility index (Phi) is 5.51. The summed E-state index contributed by atoms with van der Waals surface area (Å²) in [4.78, 5) is 4.68. The van der Waals surface area contributed by atoms with Gasteiger partial charge in [-0.2, -0.15) is 0 Å². The Morgan fingerprint density at radius 1 is 1.41 bits per heavy atom. The van der Waals surface area contributed by atoms with E-state index in [-0.39, 0.29) is 12.0 Å². The molecular weight excluding hydrogens is 298 g/mol. The van der Waals surface area contributed by atoms with Crippen molar-refractivity contribution in [2.75, 3.05) is 19.8 Å². The molecule has 122 valence electrons. The molecule has 1 aliphatic rings. The van der Waals surface area contributed by atoms with Crippen molar-refractivity contribution in [3.8, 4) is 5.75 Å². The number of halogens is 1. The SMILES string of the molecule is Cc1cc(C2=NCCCC2C)cc(Cl)c1OCC(C)(C)CO. The molecule has 3 nitrogen and oxygen atoms in total. The lowest BCUT2D eigenvalue weighted by molar-refractivity contribution is 0.0972. The van der Waals surface area contributed by atoms with Gasteiger partial charge in [-0.05, 0) is 48.9 Å². The van der Waals surface area contributed by atoms with Gasteiger partial charge >= 0.3 is 0 Å². The molecule has 1 aromatic carbocycles. The largest absolute Gasteiger partial charge is 0.491 e. The van der Waals surface area contributed by atoms with Gasteiger partial charge in [-0.1, -0.05) is 32.4 Å². The molecule has 0 aromatic heterocycles. The van der Waals surface area contributed by atoms with E-state index in [4.69, 9.17) is 16.3 Å². The number of aliphatic hydroxyl groups excluding tert-OH is 1. The summed E-state index contributed by atoms with van der Waals surface area (Å²) in [5.41, 5.74) is 2.98. The molecule has 0 aliphatic carbocycles. The van der Waals surface area contributed by atoms with E-state index in [2.05, 4.69) is 18.0 Å². The van der Waals surface area contributed by atoms with Crippen LogP contribution in [0.2, 0.25) is 5.02 Å². The Hall–Kier alpha value is -1.06. The predicted octanol–water partition coefficient (Wildman–Crippen LogP) is 4.26. The minimum Gasteiger partial charge on any atom is -0.491 e. The molecule has 1 unspecified atom stereocenters. The zero-order valence-corrected chi connectivity index (χ0v) is 14.7. The highest BCUT2D eigenvalue weighted by molar-refractivity contribution is 6.32. The average molecular weight is 324 g/mol. The average Bonchev–Trinajstić information content (AvgIpc) is 2.46. The van der Waals surface area contributed by atoms with E-state index in [0.29, 0.717) is 23.3 Å². The van der Waals surface area contributed by atoms with Crippen molar-refractivity contribution >= 4 is 17.3 Å². The lowest BCUT2D eigenvalue weighted by Crippen LogP contribution is -2.25. The summed E-state index contributed by atoms with van der Waals surface area (Å²) in [7, 11) is 0. The van der Waals surface area contributed by atoms with Crippen molar-refractivity contribution in [2.24, 2.45) is 16.3 Å². The van der Waals surface area contributed by atoms with E-state index in [1.807, 2.05) is 26.8 Å². The molecule has 1 N–H and O–H groups in total. The van der Waals surface area contributed by atoms with Crippen LogP contribution in [0.1, 0.15) is 44.7 Å². The third kappa shape index (κ3) is 4.02. The third-order valence-corrected chi connectivity index (χ3v) is 4.39. The molecule has 0 radical (unpaired) electrons. The molecule has 0 spiro atoms. The topological polar surface area (TPSA) is 41.8 Å². The Bertz CT molecular complexity index is 543. The summed E-state index contributed by atoms with van der Waals surface area (Å²) in [6.45, 7) is 9.56. The van der Waals surface area contributed by atoms with Gasteiger partial charge < -0.3 is 9.84 Å². The van der Waals surface area contributed by atoms with E-state index >= 15 is 0 Å². The van der Waals surface area contributed by atoms with Crippen LogP contribution in [-0.2, 0) is 0 Å². The Morgan fingerprint density at radius 3 is 2.73 bits per heavy atom. The summed E-state index contributed by atoms with van der Waals surface area (Å²) in [6.07, 6.45) is 2.34. The number of benzene rings is 1. The fraction of sp³-hybridized carbons (Fsp3) is 0.611. The molecule has 0 bridgehead atoms. The first-order chi connectivity index (χ1) is 10.3. The van der Waals surface area contributed by atoms with Crippen LogP contribution in [0, 0.1) is 18.3 Å². The minimum absolute atomic E-state index is 0.0794. The highest BCUT2D eigenvalue weighted by Gasteiger charge is 2.21. The van der Waals surface area contributed by atoms with Gasteiger partial charge in [0.05, 0.1) is 18.2 Å². The van der Waals surface area contributed by atoms with Gasteiger partial charge in [0, 0.05) is 17.7 Å². The minimum atomic E-state index is -0.281. The summed E-state index contributed by atoms with van der Waals surface area (Å²) in [5, 5.41) is 9.94. The van der Waals surface area contributed by atoms with Crippen LogP contribution in [0.4, 0.5) is 0 Å². The number of ether oxygens (including phenoxy) is 1. The summed E-state index contributed by atoms with van der Waals surface area (Å²) in [6, 6.07) is 4.06. The van der Waals surface area contributed by atoms with Crippen LogP contribution in [0.3, 0.4) is 0 Å². The number of aryl methyl sites for hydroxylation is 1. The molecule has 2 rings (SSSR count). The number of rotatable bonds is 5. The maximum atomic E-state index is 9.33. The second-order valence-corrected chi connectivity index (χ2v) is 7.43. The molecule has 1 heterocycles. The van der Waals surface area contributed by atoms with Gasteiger partial charge in [0.2, 0.25) is 0 Å². The van der Waals surface area contributed by atoms with Crippen LogP contribution in [0.5, 0.6) is 5.75 Å². The van der Waals surface area contributed by atoms with Crippen molar-refractivity contribution in [1.29, 1.82) is 0 Å². The molecule has 0 saturated heterocycles. The number of nitrogens with zero attached hydrogens (tertiary/aromatic N) is 1. The van der Waals surface area contributed by atoms with E-state index in [1.165, 1.54) is 6.42 Å². The van der Waals surface area contributed by atoms with Crippen LogP contribution < -0.4 is 4.74 Å². The molecular formula is C18H26ClNO2. The van der Waals surface area contributed by atoms with E-state index < -0.39 is 0 Å². The Balaban J connectivity index is 2.23. The number of aliphatic hydroxyl groups is 1. The molecule has 1 aliphatic heterocycles. The van der Waals surface area contributed by atoms with Gasteiger partial charge in [0.1, 0.15) is 5.75 Å². The van der Waals surface area contributed by atoms with Gasteiger partial charge in [0.25, 0.3) is 0 Å². The molecule has 22 heavy (non-hydrogen) atoms. The highest BCUT2D eigenvalue weighted by Crippen LogP contribution is 2.33. The molecule has 0 fully saturated rings. The van der Waals surface area contributed by atoms with Crippen molar-refractivity contribution in [3.05, 3.63) is 28.3 Å². The summed E-state index contributed by atoms with van der Waals surface area (Å²) >= 11 is 6.43. The first-order valence-corrected chi connectivity index (χ1v) is 8.30. The van der Waals surface area contributed by atoms with Crippen LogP contribution in [-0.4, -0.2) is 30.6 Å². The number of aliphatic imine (C=N–C) groups is 1. The number of hydrogen-bond donors (Lipinski definition) is 1. The van der Waals surface area contributed by atoms with Gasteiger partial charge in [0.15, 0.2) is 0 Å². The van der Waals surface area contributed by atoms with Crippen LogP contribution >= 0.6 is 11.6 Å². The van der Waals surface area contributed by atoms with Crippen LogP contribution in [0.15, 0.2) is 17.1 Å². The zero-order valence-electron chi connectivity index (χ0n) is 13.9. The second-order valence-electron chi connectivity index (χ2n) is 7.03. The second kappa shape index (κ2) is 7.01. The fourth-order valence-electron chi connectivity index (χ4n) is 2.64. The standard InChI is InChI=1S/C18H26ClNO2/c1-12-6-5-7-20-16(12)14-8-13(2)17(15(19)9-14)22-11-18(3,4)10-21/h8-9,12,21H,5-7,10-11H2,1-4H3. The molecule has 0 saturated carbocycles. The lowest BCUT2D eigenvalue weighted by atomic mass is 9.91. The quantitative estimate of drug-likeness (QED) is 0.879. The zero-order chi connectivity index (χ0) is 16.3.